The second kappa shape index (κ2) is 6.83. The molecule has 1 aromatic carbocycles. The fraction of sp³-hybridized carbons (Fsp3) is 0.647. The van der Waals surface area contributed by atoms with Crippen molar-refractivity contribution in [3.63, 3.8) is 0 Å². The van der Waals surface area contributed by atoms with Gasteiger partial charge in [-0.3, -0.25) is 0 Å². The highest BCUT2D eigenvalue weighted by molar-refractivity contribution is 5.14. The SMILES string of the molecule is C[C@H]1CCC[C@@H]1CCCCCc1ccccc1. The summed E-state index contributed by atoms with van der Waals surface area (Å²) in [6, 6.07) is 10.9. The first-order valence-electron chi connectivity index (χ1n) is 7.40. The van der Waals surface area contributed by atoms with E-state index in [4.69, 9.17) is 0 Å². The lowest BCUT2D eigenvalue weighted by Gasteiger charge is -2.14. The van der Waals surface area contributed by atoms with E-state index >= 15 is 0 Å². The van der Waals surface area contributed by atoms with Crippen molar-refractivity contribution in [3.05, 3.63) is 35.9 Å². The largest absolute Gasteiger partial charge is 0.0622 e. The van der Waals surface area contributed by atoms with Crippen LogP contribution in [0.3, 0.4) is 0 Å². The number of rotatable bonds is 6. The number of hydrogen-bond acceptors (Lipinski definition) is 0. The summed E-state index contributed by atoms with van der Waals surface area (Å²) in [4.78, 5) is 0. The summed E-state index contributed by atoms with van der Waals surface area (Å²) in [5.41, 5.74) is 1.50. The quantitative estimate of drug-likeness (QED) is 0.587. The maximum Gasteiger partial charge on any atom is -0.0279 e. The number of benzene rings is 1. The van der Waals surface area contributed by atoms with E-state index in [1.54, 1.807) is 0 Å². The third kappa shape index (κ3) is 4.18. The van der Waals surface area contributed by atoms with Crippen LogP contribution < -0.4 is 0 Å². The molecule has 1 aliphatic carbocycles. The number of unbranched alkanes of at least 4 members (excludes halogenated alkanes) is 2. The Balaban J connectivity index is 1.55. The minimum atomic E-state index is 1.00. The van der Waals surface area contributed by atoms with Crippen molar-refractivity contribution < 1.29 is 0 Å². The van der Waals surface area contributed by atoms with Crippen molar-refractivity contribution in [1.82, 2.24) is 0 Å². The van der Waals surface area contributed by atoms with Crippen molar-refractivity contribution >= 4 is 0 Å². The molecular formula is C17H26. The molecule has 0 aliphatic heterocycles. The average Bonchev–Trinajstić information content (AvgIpc) is 2.76. The first-order valence-corrected chi connectivity index (χ1v) is 7.40. The van der Waals surface area contributed by atoms with Gasteiger partial charge in [0.25, 0.3) is 0 Å². The van der Waals surface area contributed by atoms with Crippen molar-refractivity contribution in [2.45, 2.75) is 58.3 Å². The Morgan fingerprint density at radius 2 is 1.82 bits per heavy atom. The molecule has 1 saturated carbocycles. The molecular weight excluding hydrogens is 204 g/mol. The highest BCUT2D eigenvalue weighted by Gasteiger charge is 2.22. The van der Waals surface area contributed by atoms with E-state index in [9.17, 15) is 0 Å². The lowest BCUT2D eigenvalue weighted by atomic mass is 9.92. The smallest absolute Gasteiger partial charge is 0.0279 e. The second-order valence-corrected chi connectivity index (χ2v) is 5.75. The summed E-state index contributed by atoms with van der Waals surface area (Å²) in [6.07, 6.45) is 11.4. The molecule has 1 fully saturated rings. The van der Waals surface area contributed by atoms with Crippen LogP contribution in [0.4, 0.5) is 0 Å². The molecule has 0 spiro atoms. The molecule has 0 aromatic heterocycles. The molecule has 0 unspecified atom stereocenters. The fourth-order valence-electron chi connectivity index (χ4n) is 3.21. The summed E-state index contributed by atoms with van der Waals surface area (Å²) < 4.78 is 0. The van der Waals surface area contributed by atoms with Crippen LogP contribution in [-0.2, 0) is 6.42 Å². The molecule has 0 nitrogen and oxygen atoms in total. The molecule has 0 bridgehead atoms. The van der Waals surface area contributed by atoms with Gasteiger partial charge in [0.2, 0.25) is 0 Å². The van der Waals surface area contributed by atoms with Crippen molar-refractivity contribution in [2.75, 3.05) is 0 Å². The maximum atomic E-state index is 2.45. The lowest BCUT2D eigenvalue weighted by Crippen LogP contribution is -2.03. The van der Waals surface area contributed by atoms with E-state index in [2.05, 4.69) is 37.3 Å². The highest BCUT2D eigenvalue weighted by atomic mass is 14.3. The van der Waals surface area contributed by atoms with Crippen LogP contribution in [0.15, 0.2) is 30.3 Å². The Morgan fingerprint density at radius 1 is 1.00 bits per heavy atom. The van der Waals surface area contributed by atoms with Gasteiger partial charge in [-0.15, -0.1) is 0 Å². The third-order valence-corrected chi connectivity index (χ3v) is 4.42. The van der Waals surface area contributed by atoms with Gasteiger partial charge >= 0.3 is 0 Å². The van der Waals surface area contributed by atoms with E-state index in [1.165, 1.54) is 56.9 Å². The minimum absolute atomic E-state index is 1.00. The van der Waals surface area contributed by atoms with Crippen LogP contribution in [0.5, 0.6) is 0 Å². The predicted molar refractivity (Wildman–Crippen MR) is 75.1 cm³/mol. The van der Waals surface area contributed by atoms with Gasteiger partial charge in [0.1, 0.15) is 0 Å². The Labute approximate surface area is 106 Å². The summed E-state index contributed by atoms with van der Waals surface area (Å²) >= 11 is 0. The molecule has 1 aliphatic rings. The van der Waals surface area contributed by atoms with Crippen molar-refractivity contribution in [1.29, 1.82) is 0 Å². The van der Waals surface area contributed by atoms with Crippen LogP contribution >= 0.6 is 0 Å². The normalized spacial score (nSPS) is 24.1. The van der Waals surface area contributed by atoms with E-state index < -0.39 is 0 Å². The molecule has 94 valence electrons. The lowest BCUT2D eigenvalue weighted by molar-refractivity contribution is 0.375. The summed E-state index contributed by atoms with van der Waals surface area (Å²) in [5.74, 6) is 2.05. The first-order chi connectivity index (χ1) is 8.36. The van der Waals surface area contributed by atoms with E-state index in [-0.39, 0.29) is 0 Å². The topological polar surface area (TPSA) is 0 Å². The predicted octanol–water partition coefficient (Wildman–Crippen LogP) is 5.23. The van der Waals surface area contributed by atoms with Crippen molar-refractivity contribution in [3.8, 4) is 0 Å². The summed E-state index contributed by atoms with van der Waals surface area (Å²) in [7, 11) is 0. The van der Waals surface area contributed by atoms with E-state index in [1.807, 2.05) is 0 Å². The monoisotopic (exact) mass is 230 g/mol. The number of hydrogen-bond donors (Lipinski definition) is 0. The first kappa shape index (κ1) is 12.7. The standard InChI is InChI=1S/C17H26/c1-15-9-8-14-17(15)13-7-3-6-12-16-10-4-2-5-11-16/h2,4-5,10-11,15,17H,3,6-9,12-14H2,1H3/t15-,17-/m0/s1. The Bertz CT molecular complexity index is 301. The van der Waals surface area contributed by atoms with Gasteiger partial charge in [0, 0.05) is 0 Å². The molecule has 0 N–H and O–H groups in total. The Morgan fingerprint density at radius 3 is 2.53 bits per heavy atom. The van der Waals surface area contributed by atoms with Gasteiger partial charge in [0.15, 0.2) is 0 Å². The molecule has 2 rings (SSSR count). The molecule has 17 heavy (non-hydrogen) atoms. The van der Waals surface area contributed by atoms with Gasteiger partial charge in [-0.25, -0.2) is 0 Å². The van der Waals surface area contributed by atoms with Crippen LogP contribution in [0, 0.1) is 11.8 Å². The molecule has 0 amide bonds. The summed E-state index contributed by atoms with van der Waals surface area (Å²) in [6.45, 7) is 2.45. The summed E-state index contributed by atoms with van der Waals surface area (Å²) in [5, 5.41) is 0. The zero-order valence-corrected chi connectivity index (χ0v) is 11.2. The van der Waals surface area contributed by atoms with Gasteiger partial charge in [-0.05, 0) is 30.2 Å². The third-order valence-electron chi connectivity index (χ3n) is 4.42. The van der Waals surface area contributed by atoms with Gasteiger partial charge in [-0.2, -0.15) is 0 Å². The molecule has 2 atom stereocenters. The molecule has 0 heterocycles. The zero-order valence-electron chi connectivity index (χ0n) is 11.2. The fourth-order valence-corrected chi connectivity index (χ4v) is 3.21. The Hall–Kier alpha value is -0.780. The van der Waals surface area contributed by atoms with Crippen LogP contribution in [0.2, 0.25) is 0 Å². The average molecular weight is 230 g/mol. The van der Waals surface area contributed by atoms with E-state index in [0.29, 0.717) is 0 Å². The maximum absolute atomic E-state index is 2.45. The molecule has 0 saturated heterocycles. The molecule has 1 aromatic rings. The van der Waals surface area contributed by atoms with Crippen LogP contribution in [0.1, 0.15) is 57.4 Å². The molecule has 0 radical (unpaired) electrons. The second-order valence-electron chi connectivity index (χ2n) is 5.75. The minimum Gasteiger partial charge on any atom is -0.0622 e. The highest BCUT2D eigenvalue weighted by Crippen LogP contribution is 2.34. The van der Waals surface area contributed by atoms with Crippen LogP contribution in [-0.4, -0.2) is 0 Å². The van der Waals surface area contributed by atoms with Gasteiger partial charge in [0.05, 0.1) is 0 Å². The van der Waals surface area contributed by atoms with Crippen molar-refractivity contribution in [2.24, 2.45) is 11.8 Å². The van der Waals surface area contributed by atoms with Crippen LogP contribution in [0.25, 0.3) is 0 Å². The Kier molecular flexibility index (Phi) is 5.09. The van der Waals surface area contributed by atoms with Gasteiger partial charge < -0.3 is 0 Å². The molecule has 0 heteroatoms. The number of aryl methyl sites for hydroxylation is 1. The van der Waals surface area contributed by atoms with E-state index in [0.717, 1.165) is 11.8 Å². The van der Waals surface area contributed by atoms with Gasteiger partial charge in [-0.1, -0.05) is 75.8 Å². The zero-order chi connectivity index (χ0) is 11.9.